The predicted molar refractivity (Wildman–Crippen MR) is 94.3 cm³/mol. The molecule has 25 heavy (non-hydrogen) atoms. The van der Waals surface area contributed by atoms with Crippen LogP contribution in [0.5, 0.6) is 11.6 Å². The molecule has 0 bridgehead atoms. The molecule has 0 N–H and O–H groups in total. The average Bonchev–Trinajstić information content (AvgIpc) is 2.68. The van der Waals surface area contributed by atoms with E-state index in [-0.39, 0.29) is 0 Å². The molecule has 3 aromatic heterocycles. The first-order chi connectivity index (χ1) is 12.3. The number of rotatable bonds is 4. The fourth-order valence-electron chi connectivity index (χ4n) is 2.44. The third kappa shape index (κ3) is 3.28. The molecule has 122 valence electrons. The highest BCUT2D eigenvalue weighted by molar-refractivity contribution is 5.75. The first-order valence-electron chi connectivity index (χ1n) is 8.00. The lowest BCUT2D eigenvalue weighted by molar-refractivity contribution is 0.461. The lowest BCUT2D eigenvalue weighted by Gasteiger charge is -2.09. The van der Waals surface area contributed by atoms with E-state index in [1.165, 1.54) is 0 Å². The molecule has 0 atom stereocenters. The van der Waals surface area contributed by atoms with Crippen molar-refractivity contribution in [3.8, 4) is 23.1 Å². The quantitative estimate of drug-likeness (QED) is 0.566. The summed E-state index contributed by atoms with van der Waals surface area (Å²) in [5, 5.41) is 0. The van der Waals surface area contributed by atoms with Gasteiger partial charge in [0.15, 0.2) is 5.82 Å². The monoisotopic (exact) mass is 329 g/mol. The summed E-state index contributed by atoms with van der Waals surface area (Å²) in [5.74, 6) is 1.69. The number of fused-ring (bicyclic) bond motifs is 1. The minimum absolute atomic E-state index is 0.482. The van der Waals surface area contributed by atoms with Gasteiger partial charge in [-0.3, -0.25) is 15.0 Å². The Morgan fingerprint density at radius 3 is 2.52 bits per heavy atom. The fraction of sp³-hybridized carbons (Fsp3) is 0.105. The second-order valence-corrected chi connectivity index (χ2v) is 5.40. The first kappa shape index (κ1) is 15.1. The summed E-state index contributed by atoms with van der Waals surface area (Å²) in [6, 6.07) is 13.1. The van der Waals surface area contributed by atoms with Gasteiger partial charge in [-0.2, -0.15) is 4.98 Å². The number of aromatic nitrogens is 5. The molecule has 1 aromatic carbocycles. The molecular weight excluding hydrogens is 314 g/mol. The normalized spacial score (nSPS) is 10.8. The Morgan fingerprint density at radius 2 is 1.72 bits per heavy atom. The van der Waals surface area contributed by atoms with Gasteiger partial charge < -0.3 is 4.74 Å². The number of hydrogen-bond acceptors (Lipinski definition) is 6. The Labute approximate surface area is 144 Å². The molecule has 4 rings (SSSR count). The second kappa shape index (κ2) is 6.60. The van der Waals surface area contributed by atoms with Gasteiger partial charge in [0.25, 0.3) is 0 Å². The number of hydrogen-bond donors (Lipinski definition) is 0. The zero-order valence-corrected chi connectivity index (χ0v) is 13.6. The molecule has 0 radical (unpaired) electrons. The number of aryl methyl sites for hydroxylation is 1. The van der Waals surface area contributed by atoms with Gasteiger partial charge in [0.1, 0.15) is 11.4 Å². The van der Waals surface area contributed by atoms with Crippen LogP contribution in [0.1, 0.15) is 12.6 Å². The van der Waals surface area contributed by atoms with Crippen LogP contribution in [0.25, 0.3) is 22.6 Å². The highest BCUT2D eigenvalue weighted by atomic mass is 16.5. The van der Waals surface area contributed by atoms with E-state index in [0.717, 1.165) is 23.1 Å². The van der Waals surface area contributed by atoms with Crippen LogP contribution in [0.2, 0.25) is 0 Å². The Hall–Kier alpha value is -3.41. The van der Waals surface area contributed by atoms with E-state index in [0.29, 0.717) is 23.1 Å². The molecule has 0 fully saturated rings. The molecule has 3 heterocycles. The van der Waals surface area contributed by atoms with Crippen molar-refractivity contribution in [2.45, 2.75) is 13.3 Å². The highest BCUT2D eigenvalue weighted by Gasteiger charge is 2.09. The smallest absolute Gasteiger partial charge is 0.223 e. The third-order valence-corrected chi connectivity index (χ3v) is 3.68. The Bertz CT molecular complexity index is 1020. The number of benzene rings is 1. The van der Waals surface area contributed by atoms with Gasteiger partial charge in [0, 0.05) is 36.4 Å². The summed E-state index contributed by atoms with van der Waals surface area (Å²) in [6.45, 7) is 2.04. The molecule has 0 saturated carbocycles. The molecular formula is C19H15N5O. The molecule has 0 saturated heterocycles. The van der Waals surface area contributed by atoms with Crippen molar-refractivity contribution >= 4 is 11.0 Å². The van der Waals surface area contributed by atoms with Gasteiger partial charge in [-0.15, -0.1) is 0 Å². The maximum absolute atomic E-state index is 5.94. The van der Waals surface area contributed by atoms with Crippen molar-refractivity contribution in [2.24, 2.45) is 0 Å². The van der Waals surface area contributed by atoms with Gasteiger partial charge in [-0.1, -0.05) is 13.0 Å². The van der Waals surface area contributed by atoms with Crippen LogP contribution in [0.3, 0.4) is 0 Å². The van der Waals surface area contributed by atoms with Gasteiger partial charge in [0.05, 0.1) is 11.0 Å². The summed E-state index contributed by atoms with van der Waals surface area (Å²) in [5.41, 5.74) is 3.20. The molecule has 0 unspecified atom stereocenters. The molecule has 0 amide bonds. The van der Waals surface area contributed by atoms with E-state index in [1.807, 2.05) is 49.4 Å². The van der Waals surface area contributed by atoms with Crippen molar-refractivity contribution in [1.82, 2.24) is 24.9 Å². The van der Waals surface area contributed by atoms with Crippen LogP contribution in [0, 0.1) is 0 Å². The summed E-state index contributed by atoms with van der Waals surface area (Å²) < 4.78 is 5.94. The summed E-state index contributed by atoms with van der Waals surface area (Å²) in [4.78, 5) is 21.9. The van der Waals surface area contributed by atoms with E-state index < -0.39 is 0 Å². The van der Waals surface area contributed by atoms with Crippen LogP contribution in [-0.2, 0) is 6.42 Å². The Kier molecular flexibility index (Phi) is 4.00. The molecule has 0 aliphatic heterocycles. The molecule has 0 spiro atoms. The molecule has 6 nitrogen and oxygen atoms in total. The second-order valence-electron chi connectivity index (χ2n) is 5.40. The lowest BCUT2D eigenvalue weighted by Crippen LogP contribution is -1.99. The van der Waals surface area contributed by atoms with E-state index in [4.69, 9.17) is 4.74 Å². The van der Waals surface area contributed by atoms with Crippen LogP contribution in [0.15, 0.2) is 61.1 Å². The van der Waals surface area contributed by atoms with Crippen molar-refractivity contribution in [1.29, 1.82) is 0 Å². The summed E-state index contributed by atoms with van der Waals surface area (Å²) >= 11 is 0. The topological polar surface area (TPSA) is 73.7 Å². The number of ether oxygens (including phenoxy) is 1. The van der Waals surface area contributed by atoms with Crippen LogP contribution < -0.4 is 4.74 Å². The van der Waals surface area contributed by atoms with Crippen molar-refractivity contribution in [3.05, 3.63) is 66.7 Å². The van der Waals surface area contributed by atoms with E-state index >= 15 is 0 Å². The van der Waals surface area contributed by atoms with E-state index in [9.17, 15) is 0 Å². The lowest BCUT2D eigenvalue weighted by atomic mass is 10.2. The van der Waals surface area contributed by atoms with Gasteiger partial charge >= 0.3 is 0 Å². The minimum Gasteiger partial charge on any atom is -0.439 e. The molecule has 4 aromatic rings. The minimum atomic E-state index is 0.482. The van der Waals surface area contributed by atoms with Gasteiger partial charge in [-0.05, 0) is 30.7 Å². The Balaban J connectivity index is 1.71. The van der Waals surface area contributed by atoms with E-state index in [1.54, 1.807) is 18.6 Å². The van der Waals surface area contributed by atoms with Gasteiger partial charge in [0.2, 0.25) is 5.88 Å². The number of nitrogens with zero attached hydrogens (tertiary/aromatic N) is 5. The molecule has 0 aliphatic rings. The maximum atomic E-state index is 5.94. The zero-order chi connectivity index (χ0) is 17.1. The fourth-order valence-corrected chi connectivity index (χ4v) is 2.44. The van der Waals surface area contributed by atoms with E-state index in [2.05, 4.69) is 24.9 Å². The third-order valence-electron chi connectivity index (χ3n) is 3.68. The predicted octanol–water partition coefficient (Wildman–Crippen LogP) is 3.84. The van der Waals surface area contributed by atoms with Crippen LogP contribution in [0.4, 0.5) is 0 Å². The van der Waals surface area contributed by atoms with Crippen molar-refractivity contribution in [2.75, 3.05) is 0 Å². The average molecular weight is 329 g/mol. The maximum Gasteiger partial charge on any atom is 0.223 e. The summed E-state index contributed by atoms with van der Waals surface area (Å²) in [7, 11) is 0. The standard InChI is InChI=1S/C19H15N5O/c1-2-13-11-18(24-19(23-13)16-5-3-4-8-20-16)25-14-6-7-15-17(12-14)22-10-9-21-15/h3-12H,2H2,1H3. The van der Waals surface area contributed by atoms with Gasteiger partial charge in [-0.25, -0.2) is 4.98 Å². The highest BCUT2D eigenvalue weighted by Crippen LogP contribution is 2.25. The zero-order valence-electron chi connectivity index (χ0n) is 13.6. The number of pyridine rings is 1. The largest absolute Gasteiger partial charge is 0.439 e. The molecule has 6 heteroatoms. The van der Waals surface area contributed by atoms with Crippen molar-refractivity contribution in [3.63, 3.8) is 0 Å². The van der Waals surface area contributed by atoms with Crippen LogP contribution in [-0.4, -0.2) is 24.9 Å². The molecule has 0 aliphatic carbocycles. The first-order valence-corrected chi connectivity index (χ1v) is 8.00. The van der Waals surface area contributed by atoms with Crippen molar-refractivity contribution < 1.29 is 4.74 Å². The summed E-state index contributed by atoms with van der Waals surface area (Å²) in [6.07, 6.45) is 5.83. The SMILES string of the molecule is CCc1cc(Oc2ccc3nccnc3c2)nc(-c2ccccn2)n1. The Morgan fingerprint density at radius 1 is 0.840 bits per heavy atom. The van der Waals surface area contributed by atoms with Crippen LogP contribution >= 0.6 is 0 Å².